The molecule has 0 aliphatic rings. The number of hydrogen-bond donors (Lipinski definition) is 1. The maximum absolute atomic E-state index is 12.4. The Balaban J connectivity index is 2.00. The van der Waals surface area contributed by atoms with Gasteiger partial charge in [0.15, 0.2) is 0 Å². The Morgan fingerprint density at radius 2 is 1.83 bits per heavy atom. The van der Waals surface area contributed by atoms with Crippen LogP contribution in [0.25, 0.3) is 6.08 Å². The van der Waals surface area contributed by atoms with E-state index in [1.165, 1.54) is 18.2 Å². The zero-order valence-electron chi connectivity index (χ0n) is 12.2. The first-order valence-corrected chi connectivity index (χ1v) is 6.69. The highest BCUT2D eigenvalue weighted by Crippen LogP contribution is 2.29. The second-order valence-electron chi connectivity index (χ2n) is 4.67. The molecule has 0 saturated carbocycles. The van der Waals surface area contributed by atoms with Crippen LogP contribution in [-0.4, -0.2) is 13.0 Å². The number of hydrogen-bond acceptors (Lipinski definition) is 2. The second-order valence-corrected chi connectivity index (χ2v) is 4.67. The Bertz CT molecular complexity index is 707. The second kappa shape index (κ2) is 7.00. The van der Waals surface area contributed by atoms with Gasteiger partial charge in [-0.1, -0.05) is 12.1 Å². The first kappa shape index (κ1) is 16.6. The number of amides is 1. The first-order chi connectivity index (χ1) is 10.9. The average Bonchev–Trinajstić information content (AvgIpc) is 2.53. The minimum atomic E-state index is -4.39. The average molecular weight is 321 g/mol. The maximum atomic E-state index is 12.4. The van der Waals surface area contributed by atoms with Crippen molar-refractivity contribution in [3.8, 4) is 5.75 Å². The van der Waals surface area contributed by atoms with Crippen LogP contribution >= 0.6 is 0 Å². The van der Waals surface area contributed by atoms with E-state index < -0.39 is 17.6 Å². The standard InChI is InChI=1S/C17H14F3NO2/c1-23-15-4-2-3-12(11-15)5-10-16(22)21-14-8-6-13(7-9-14)17(18,19)20/h2-11H,1H3,(H,21,22)/b10-5+. The number of halogens is 3. The molecule has 0 radical (unpaired) electrons. The van der Waals surface area contributed by atoms with Gasteiger partial charge in [0.05, 0.1) is 12.7 Å². The Kier molecular flexibility index (Phi) is 5.05. The fourth-order valence-corrected chi connectivity index (χ4v) is 1.84. The Labute approximate surface area is 131 Å². The summed E-state index contributed by atoms with van der Waals surface area (Å²) in [4.78, 5) is 11.8. The van der Waals surface area contributed by atoms with Crippen molar-refractivity contribution >= 4 is 17.7 Å². The van der Waals surface area contributed by atoms with Crippen molar-refractivity contribution in [3.63, 3.8) is 0 Å². The summed E-state index contributed by atoms with van der Waals surface area (Å²) in [7, 11) is 1.54. The molecule has 2 aromatic carbocycles. The lowest BCUT2D eigenvalue weighted by Crippen LogP contribution is -2.09. The molecule has 3 nitrogen and oxygen atoms in total. The van der Waals surface area contributed by atoms with Crippen molar-refractivity contribution in [1.82, 2.24) is 0 Å². The van der Waals surface area contributed by atoms with Crippen molar-refractivity contribution in [3.05, 3.63) is 65.7 Å². The largest absolute Gasteiger partial charge is 0.497 e. The van der Waals surface area contributed by atoms with Crippen molar-refractivity contribution in [1.29, 1.82) is 0 Å². The quantitative estimate of drug-likeness (QED) is 0.850. The summed E-state index contributed by atoms with van der Waals surface area (Å²) in [6, 6.07) is 11.4. The topological polar surface area (TPSA) is 38.3 Å². The van der Waals surface area contributed by atoms with Crippen LogP contribution in [0.2, 0.25) is 0 Å². The summed E-state index contributed by atoms with van der Waals surface area (Å²) in [6.07, 6.45) is -1.51. The van der Waals surface area contributed by atoms with Gasteiger partial charge in [-0.15, -0.1) is 0 Å². The summed E-state index contributed by atoms with van der Waals surface area (Å²) in [5, 5.41) is 2.50. The monoisotopic (exact) mass is 321 g/mol. The number of benzene rings is 2. The van der Waals surface area contributed by atoms with Crippen molar-refractivity contribution in [2.75, 3.05) is 12.4 Å². The van der Waals surface area contributed by atoms with E-state index in [0.29, 0.717) is 11.4 Å². The van der Waals surface area contributed by atoms with E-state index in [1.54, 1.807) is 37.5 Å². The molecular formula is C17H14F3NO2. The molecule has 0 fully saturated rings. The molecule has 1 amide bonds. The van der Waals surface area contributed by atoms with Gasteiger partial charge >= 0.3 is 6.18 Å². The molecule has 120 valence electrons. The van der Waals surface area contributed by atoms with Crippen LogP contribution in [0, 0.1) is 0 Å². The SMILES string of the molecule is COc1cccc(/C=C/C(=O)Nc2ccc(C(F)(F)F)cc2)c1. The molecule has 1 N–H and O–H groups in total. The molecule has 0 atom stereocenters. The van der Waals surface area contributed by atoms with E-state index in [4.69, 9.17) is 4.74 Å². The zero-order valence-corrected chi connectivity index (χ0v) is 12.2. The molecule has 0 heterocycles. The molecule has 6 heteroatoms. The number of methoxy groups -OCH3 is 1. The van der Waals surface area contributed by atoms with Gasteiger partial charge in [-0.05, 0) is 48.0 Å². The summed E-state index contributed by atoms with van der Waals surface area (Å²) in [5.41, 5.74) is 0.299. The van der Waals surface area contributed by atoms with Crippen molar-refractivity contribution in [2.24, 2.45) is 0 Å². The van der Waals surface area contributed by atoms with Gasteiger partial charge in [0, 0.05) is 11.8 Å². The van der Waals surface area contributed by atoms with Gasteiger partial charge in [-0.3, -0.25) is 4.79 Å². The minimum Gasteiger partial charge on any atom is -0.497 e. The lowest BCUT2D eigenvalue weighted by molar-refractivity contribution is -0.137. The number of carbonyl (C=O) groups is 1. The van der Waals surface area contributed by atoms with Gasteiger partial charge in [0.25, 0.3) is 0 Å². The molecule has 0 unspecified atom stereocenters. The van der Waals surface area contributed by atoms with Crippen molar-refractivity contribution < 1.29 is 22.7 Å². The Morgan fingerprint density at radius 3 is 2.43 bits per heavy atom. The highest BCUT2D eigenvalue weighted by Gasteiger charge is 2.29. The number of anilines is 1. The number of carbonyl (C=O) groups excluding carboxylic acids is 1. The van der Waals surface area contributed by atoms with Crippen LogP contribution in [0.15, 0.2) is 54.6 Å². The van der Waals surface area contributed by atoms with E-state index in [2.05, 4.69) is 5.32 Å². The van der Waals surface area contributed by atoms with Gasteiger partial charge in [-0.2, -0.15) is 13.2 Å². The third-order valence-electron chi connectivity index (χ3n) is 3.00. The van der Waals surface area contributed by atoms with Gasteiger partial charge < -0.3 is 10.1 Å². The van der Waals surface area contributed by atoms with Crippen LogP contribution in [0.4, 0.5) is 18.9 Å². The fraction of sp³-hybridized carbons (Fsp3) is 0.118. The van der Waals surface area contributed by atoms with Crippen LogP contribution in [0.5, 0.6) is 5.75 Å². The van der Waals surface area contributed by atoms with Crippen LogP contribution in [0.1, 0.15) is 11.1 Å². The Morgan fingerprint density at radius 1 is 1.13 bits per heavy atom. The molecule has 0 saturated heterocycles. The third kappa shape index (κ3) is 4.88. The maximum Gasteiger partial charge on any atom is 0.416 e. The van der Waals surface area contributed by atoms with Crippen molar-refractivity contribution in [2.45, 2.75) is 6.18 Å². The van der Waals surface area contributed by atoms with Gasteiger partial charge in [-0.25, -0.2) is 0 Å². The predicted molar refractivity (Wildman–Crippen MR) is 82.1 cm³/mol. The molecule has 0 aromatic heterocycles. The van der Waals surface area contributed by atoms with Crippen LogP contribution < -0.4 is 10.1 Å². The highest BCUT2D eigenvalue weighted by atomic mass is 19.4. The zero-order chi connectivity index (χ0) is 16.9. The normalized spacial score (nSPS) is 11.5. The van der Waals surface area contributed by atoms with E-state index in [9.17, 15) is 18.0 Å². The smallest absolute Gasteiger partial charge is 0.416 e. The van der Waals surface area contributed by atoms with Crippen LogP contribution in [-0.2, 0) is 11.0 Å². The molecule has 2 aromatic rings. The molecule has 23 heavy (non-hydrogen) atoms. The Hall–Kier alpha value is -2.76. The fourth-order valence-electron chi connectivity index (χ4n) is 1.84. The number of nitrogens with one attached hydrogen (secondary N) is 1. The summed E-state index contributed by atoms with van der Waals surface area (Å²) in [6.45, 7) is 0. The van der Waals surface area contributed by atoms with Crippen LogP contribution in [0.3, 0.4) is 0 Å². The number of alkyl halides is 3. The molecule has 0 aliphatic heterocycles. The summed E-state index contributed by atoms with van der Waals surface area (Å²) in [5.74, 6) is 0.225. The molecular weight excluding hydrogens is 307 g/mol. The van der Waals surface area contributed by atoms with Gasteiger partial charge in [0.2, 0.25) is 5.91 Å². The summed E-state index contributed by atoms with van der Waals surface area (Å²) < 4.78 is 42.4. The third-order valence-corrected chi connectivity index (χ3v) is 3.00. The molecule has 0 bridgehead atoms. The van der Waals surface area contributed by atoms with E-state index >= 15 is 0 Å². The van der Waals surface area contributed by atoms with E-state index in [1.807, 2.05) is 0 Å². The lowest BCUT2D eigenvalue weighted by Gasteiger charge is -2.07. The number of rotatable bonds is 4. The molecule has 2 rings (SSSR count). The first-order valence-electron chi connectivity index (χ1n) is 6.69. The lowest BCUT2D eigenvalue weighted by atomic mass is 10.2. The number of ether oxygens (including phenoxy) is 1. The highest BCUT2D eigenvalue weighted by molar-refractivity contribution is 6.01. The summed E-state index contributed by atoms with van der Waals surface area (Å²) >= 11 is 0. The van der Waals surface area contributed by atoms with E-state index in [0.717, 1.165) is 17.7 Å². The molecule has 0 aliphatic carbocycles. The van der Waals surface area contributed by atoms with E-state index in [-0.39, 0.29) is 0 Å². The predicted octanol–water partition coefficient (Wildman–Crippen LogP) is 4.37. The van der Waals surface area contributed by atoms with Gasteiger partial charge in [0.1, 0.15) is 5.75 Å². The molecule has 0 spiro atoms. The minimum absolute atomic E-state index is 0.290.